The molecule has 0 spiro atoms. The largest absolute Gasteiger partial charge is 0.374 e. The fraction of sp³-hybridized carbons (Fsp3) is 0.600. The van der Waals surface area contributed by atoms with Crippen molar-refractivity contribution in [1.82, 2.24) is 24.8 Å². The molecule has 24 heavy (non-hydrogen) atoms. The van der Waals surface area contributed by atoms with E-state index in [4.69, 9.17) is 9.26 Å². The Kier molecular flexibility index (Phi) is 4.91. The minimum Gasteiger partial charge on any atom is -0.374 e. The first-order chi connectivity index (χ1) is 11.5. The zero-order chi connectivity index (χ0) is 17.1. The van der Waals surface area contributed by atoms with E-state index < -0.39 is 0 Å². The quantitative estimate of drug-likeness (QED) is 0.851. The second-order valence-electron chi connectivity index (χ2n) is 6.00. The van der Waals surface area contributed by atoms with E-state index in [1.54, 1.807) is 13.0 Å². The summed E-state index contributed by atoms with van der Waals surface area (Å²) in [6, 6.07) is 1.69. The molecule has 2 aromatic rings. The number of hydrogen-bond donors (Lipinski definition) is 1. The Balaban J connectivity index is 1.51. The van der Waals surface area contributed by atoms with Crippen molar-refractivity contribution in [2.45, 2.75) is 33.4 Å². The van der Waals surface area contributed by atoms with Crippen LogP contribution in [0.1, 0.15) is 17.3 Å². The van der Waals surface area contributed by atoms with Crippen molar-refractivity contribution < 1.29 is 14.1 Å². The lowest BCUT2D eigenvalue weighted by Crippen LogP contribution is -2.47. The van der Waals surface area contributed by atoms with Gasteiger partial charge in [-0.05, 0) is 20.8 Å². The van der Waals surface area contributed by atoms with Gasteiger partial charge in [0.15, 0.2) is 0 Å². The van der Waals surface area contributed by atoms with Crippen LogP contribution in [0.5, 0.6) is 0 Å². The molecule has 130 valence electrons. The number of amides is 1. The highest BCUT2D eigenvalue weighted by molar-refractivity contribution is 5.90. The van der Waals surface area contributed by atoms with Gasteiger partial charge in [-0.3, -0.25) is 15.0 Å². The topological polar surface area (TPSA) is 98.3 Å². The molecule has 1 saturated heterocycles. The number of nitrogens with zero attached hydrogens (tertiary/aromatic N) is 5. The maximum absolute atomic E-state index is 12.1. The van der Waals surface area contributed by atoms with Gasteiger partial charge in [0, 0.05) is 19.2 Å². The van der Waals surface area contributed by atoms with Gasteiger partial charge in [-0.1, -0.05) is 5.16 Å². The predicted octanol–water partition coefficient (Wildman–Crippen LogP) is 0.531. The number of carbonyl (C=O) groups is 1. The molecule has 1 aliphatic heterocycles. The Hall–Kier alpha value is -2.26. The smallest absolute Gasteiger partial charge is 0.240 e. The second kappa shape index (κ2) is 7.10. The maximum Gasteiger partial charge on any atom is 0.240 e. The summed E-state index contributed by atoms with van der Waals surface area (Å²) >= 11 is 0. The first kappa shape index (κ1) is 16.6. The van der Waals surface area contributed by atoms with Crippen LogP contribution in [-0.4, -0.2) is 63.1 Å². The lowest BCUT2D eigenvalue weighted by molar-refractivity contribution is -0.119. The molecule has 0 aliphatic carbocycles. The molecule has 0 bridgehead atoms. The van der Waals surface area contributed by atoms with Crippen molar-refractivity contribution in [1.29, 1.82) is 0 Å². The van der Waals surface area contributed by atoms with Crippen LogP contribution in [0.3, 0.4) is 0 Å². The minimum absolute atomic E-state index is 0.0149. The molecule has 0 saturated carbocycles. The number of morpholine rings is 1. The lowest BCUT2D eigenvalue weighted by atomic mass is 10.2. The molecule has 1 N–H and O–H groups in total. The van der Waals surface area contributed by atoms with Crippen LogP contribution >= 0.6 is 0 Å². The van der Waals surface area contributed by atoms with Gasteiger partial charge in [0.1, 0.15) is 11.6 Å². The number of hydrogen-bond acceptors (Lipinski definition) is 7. The molecular formula is C15H22N6O3. The highest BCUT2D eigenvalue weighted by Crippen LogP contribution is 2.11. The van der Waals surface area contributed by atoms with Gasteiger partial charge in [-0.25, -0.2) is 9.67 Å². The average molecular weight is 334 g/mol. The highest BCUT2D eigenvalue weighted by Gasteiger charge is 2.23. The van der Waals surface area contributed by atoms with Crippen molar-refractivity contribution >= 4 is 11.8 Å². The zero-order valence-electron chi connectivity index (χ0n) is 14.2. The maximum atomic E-state index is 12.1. The molecular weight excluding hydrogens is 312 g/mol. The Morgan fingerprint density at radius 2 is 2.25 bits per heavy atom. The number of nitrogens with one attached hydrogen (secondary N) is 1. The number of aryl methyl sites for hydroxylation is 3. The van der Waals surface area contributed by atoms with Crippen LogP contribution in [-0.2, 0) is 16.1 Å². The fourth-order valence-corrected chi connectivity index (χ4v) is 2.76. The van der Waals surface area contributed by atoms with E-state index in [0.29, 0.717) is 32.1 Å². The number of aromatic nitrogens is 4. The molecule has 0 aromatic carbocycles. The molecule has 1 atom stereocenters. The molecule has 3 rings (SSSR count). The lowest BCUT2D eigenvalue weighted by Gasteiger charge is -2.32. The van der Waals surface area contributed by atoms with Crippen molar-refractivity contribution in [2.24, 2.45) is 0 Å². The third kappa shape index (κ3) is 4.18. The van der Waals surface area contributed by atoms with Gasteiger partial charge < -0.3 is 9.26 Å². The average Bonchev–Trinajstić information content (AvgIpc) is 3.05. The molecule has 9 heteroatoms. The third-order valence-corrected chi connectivity index (χ3v) is 3.82. The molecule has 0 unspecified atom stereocenters. The summed E-state index contributed by atoms with van der Waals surface area (Å²) in [4.78, 5) is 18.5. The first-order valence-electron chi connectivity index (χ1n) is 7.95. The van der Waals surface area contributed by atoms with Gasteiger partial charge in [0.05, 0.1) is 31.5 Å². The van der Waals surface area contributed by atoms with E-state index in [1.165, 1.54) is 0 Å². The van der Waals surface area contributed by atoms with Crippen molar-refractivity contribution in [3.63, 3.8) is 0 Å². The van der Waals surface area contributed by atoms with Gasteiger partial charge in [-0.15, -0.1) is 0 Å². The Morgan fingerprint density at radius 3 is 2.92 bits per heavy atom. The normalized spacial score (nSPS) is 18.7. The van der Waals surface area contributed by atoms with E-state index in [9.17, 15) is 4.79 Å². The van der Waals surface area contributed by atoms with Crippen LogP contribution in [0.4, 0.5) is 5.88 Å². The van der Waals surface area contributed by atoms with Crippen LogP contribution in [0.25, 0.3) is 0 Å². The number of rotatable bonds is 5. The van der Waals surface area contributed by atoms with E-state index in [1.807, 2.05) is 18.5 Å². The molecule has 1 amide bonds. The molecule has 3 heterocycles. The summed E-state index contributed by atoms with van der Waals surface area (Å²) < 4.78 is 12.6. The number of carbonyl (C=O) groups excluding carboxylic acids is 1. The van der Waals surface area contributed by atoms with Gasteiger partial charge in [0.2, 0.25) is 11.8 Å². The van der Waals surface area contributed by atoms with Crippen LogP contribution in [0, 0.1) is 20.8 Å². The van der Waals surface area contributed by atoms with Crippen molar-refractivity contribution in [3.8, 4) is 0 Å². The Bertz CT molecular complexity index is 710. The summed E-state index contributed by atoms with van der Waals surface area (Å²) in [6.07, 6.45) is -0.0149. The monoisotopic (exact) mass is 334 g/mol. The van der Waals surface area contributed by atoms with Gasteiger partial charge in [-0.2, -0.15) is 5.10 Å². The summed E-state index contributed by atoms with van der Waals surface area (Å²) in [5.41, 5.74) is 0.732. The van der Waals surface area contributed by atoms with Gasteiger partial charge in [0.25, 0.3) is 0 Å². The summed E-state index contributed by atoms with van der Waals surface area (Å²) in [5.74, 6) is 1.86. The summed E-state index contributed by atoms with van der Waals surface area (Å²) in [5, 5.41) is 10.8. The second-order valence-corrected chi connectivity index (χ2v) is 6.00. The third-order valence-electron chi connectivity index (χ3n) is 3.82. The van der Waals surface area contributed by atoms with Crippen molar-refractivity contribution in [3.05, 3.63) is 23.4 Å². The Labute approximate surface area is 140 Å². The predicted molar refractivity (Wildman–Crippen MR) is 85.5 cm³/mol. The molecule has 0 radical (unpaired) electrons. The summed E-state index contributed by atoms with van der Waals surface area (Å²) in [6.45, 7) is 8.49. The fourth-order valence-electron chi connectivity index (χ4n) is 2.76. The Morgan fingerprint density at radius 1 is 1.42 bits per heavy atom. The first-order valence-corrected chi connectivity index (χ1v) is 7.95. The van der Waals surface area contributed by atoms with E-state index in [0.717, 1.165) is 17.3 Å². The van der Waals surface area contributed by atoms with Crippen LogP contribution in [0.2, 0.25) is 0 Å². The SMILES string of the molecule is Cc1cc(NC(=O)CN2CCO[C@H](Cn3nc(C)nc3C)C2)on1. The molecule has 1 aliphatic rings. The van der Waals surface area contributed by atoms with E-state index >= 15 is 0 Å². The van der Waals surface area contributed by atoms with Gasteiger partial charge >= 0.3 is 0 Å². The standard InChI is InChI=1S/C15H22N6O3/c1-10-6-15(24-19-10)17-14(22)9-20-4-5-23-13(7-20)8-21-12(3)16-11(2)18-21/h6,13H,4-5,7-9H2,1-3H3,(H,17,22)/t13-/m0/s1. The van der Waals surface area contributed by atoms with Crippen LogP contribution in [0.15, 0.2) is 10.6 Å². The number of ether oxygens (including phenoxy) is 1. The zero-order valence-corrected chi connectivity index (χ0v) is 14.2. The molecule has 2 aromatic heterocycles. The molecule has 9 nitrogen and oxygen atoms in total. The summed E-state index contributed by atoms with van der Waals surface area (Å²) in [7, 11) is 0. The van der Waals surface area contributed by atoms with Crippen LogP contribution < -0.4 is 5.32 Å². The molecule has 1 fully saturated rings. The minimum atomic E-state index is -0.125. The highest BCUT2D eigenvalue weighted by atomic mass is 16.5. The number of anilines is 1. The van der Waals surface area contributed by atoms with E-state index in [2.05, 4.69) is 25.5 Å². The van der Waals surface area contributed by atoms with E-state index in [-0.39, 0.29) is 18.6 Å². The van der Waals surface area contributed by atoms with Crippen molar-refractivity contribution in [2.75, 3.05) is 31.6 Å².